The van der Waals surface area contributed by atoms with Gasteiger partial charge in [0.2, 0.25) is 11.8 Å². The molecule has 1 saturated heterocycles. The average Bonchev–Trinajstić information content (AvgIpc) is 2.84. The maximum atomic E-state index is 12.1. The second kappa shape index (κ2) is 6.48. The fraction of sp³-hybridized carbons (Fsp3) is 0.500. The molecule has 1 aromatic rings. The molecule has 1 fully saturated rings. The summed E-state index contributed by atoms with van der Waals surface area (Å²) in [7, 11) is 0. The molecule has 0 radical (unpaired) electrons. The molecule has 1 aliphatic rings. The van der Waals surface area contributed by atoms with Crippen molar-refractivity contribution in [3.8, 4) is 0 Å². The maximum Gasteiger partial charge on any atom is 0.227 e. The lowest BCUT2D eigenvalue weighted by Crippen LogP contribution is -2.38. The van der Waals surface area contributed by atoms with Crippen LogP contribution in [0.2, 0.25) is 5.02 Å². The zero-order valence-corrected chi connectivity index (χ0v) is 13.4. The number of amides is 2. The van der Waals surface area contributed by atoms with Gasteiger partial charge in [-0.2, -0.15) is 0 Å². The van der Waals surface area contributed by atoms with Gasteiger partial charge >= 0.3 is 0 Å². The fourth-order valence-electron chi connectivity index (χ4n) is 2.35. The first-order valence-corrected chi connectivity index (χ1v) is 7.67. The maximum absolute atomic E-state index is 12.1. The van der Waals surface area contributed by atoms with Crippen molar-refractivity contribution in [3.05, 3.63) is 28.8 Å². The summed E-state index contributed by atoms with van der Waals surface area (Å²) in [5, 5.41) is 3.57. The van der Waals surface area contributed by atoms with Crippen LogP contribution in [0.5, 0.6) is 0 Å². The van der Waals surface area contributed by atoms with Crippen molar-refractivity contribution in [3.63, 3.8) is 0 Å². The van der Waals surface area contributed by atoms with Crippen molar-refractivity contribution >= 4 is 29.1 Å². The number of rotatable bonds is 4. The van der Waals surface area contributed by atoms with Crippen LogP contribution in [0, 0.1) is 12.8 Å². The van der Waals surface area contributed by atoms with E-state index in [9.17, 15) is 9.59 Å². The minimum Gasteiger partial charge on any atom is -0.353 e. The van der Waals surface area contributed by atoms with Crippen LogP contribution in [0.1, 0.15) is 32.3 Å². The zero-order valence-electron chi connectivity index (χ0n) is 12.6. The van der Waals surface area contributed by atoms with Crippen molar-refractivity contribution in [2.75, 3.05) is 11.4 Å². The number of hydrogen-bond donors (Lipinski definition) is 1. The van der Waals surface area contributed by atoms with Gasteiger partial charge in [0, 0.05) is 29.7 Å². The van der Waals surface area contributed by atoms with Crippen LogP contribution in [0.15, 0.2) is 18.2 Å². The molecular weight excluding hydrogens is 288 g/mol. The highest BCUT2D eigenvalue weighted by Crippen LogP contribution is 2.28. The molecule has 2 atom stereocenters. The Morgan fingerprint density at radius 1 is 1.52 bits per heavy atom. The number of nitrogens with one attached hydrogen (secondary N) is 1. The average molecular weight is 309 g/mol. The molecule has 0 aromatic heterocycles. The molecule has 2 amide bonds. The third kappa shape index (κ3) is 3.56. The number of halogens is 1. The van der Waals surface area contributed by atoms with Crippen molar-refractivity contribution in [1.29, 1.82) is 0 Å². The Kier molecular flexibility index (Phi) is 4.88. The minimum absolute atomic E-state index is 0.0285. The topological polar surface area (TPSA) is 49.4 Å². The number of carbonyl (C=O) groups is 2. The normalized spacial score (nSPS) is 19.7. The summed E-state index contributed by atoms with van der Waals surface area (Å²) in [6.45, 7) is 6.32. The van der Waals surface area contributed by atoms with Gasteiger partial charge in [-0.15, -0.1) is 0 Å². The Bertz CT molecular complexity index is 559. The summed E-state index contributed by atoms with van der Waals surface area (Å²) >= 11 is 6.11. The molecule has 21 heavy (non-hydrogen) atoms. The van der Waals surface area contributed by atoms with Gasteiger partial charge in [-0.1, -0.05) is 24.6 Å². The molecule has 0 bridgehead atoms. The molecular formula is C16H21ClN2O2. The number of aryl methyl sites for hydroxylation is 1. The summed E-state index contributed by atoms with van der Waals surface area (Å²) in [4.78, 5) is 25.9. The molecule has 1 aliphatic heterocycles. The summed E-state index contributed by atoms with van der Waals surface area (Å²) < 4.78 is 0. The van der Waals surface area contributed by atoms with Gasteiger partial charge in [-0.05, 0) is 38.0 Å². The summed E-state index contributed by atoms with van der Waals surface area (Å²) in [5.41, 5.74) is 1.73. The molecule has 1 aromatic carbocycles. The smallest absolute Gasteiger partial charge is 0.227 e. The monoisotopic (exact) mass is 308 g/mol. The van der Waals surface area contributed by atoms with E-state index in [0.29, 0.717) is 11.6 Å². The zero-order chi connectivity index (χ0) is 15.6. The predicted octanol–water partition coefficient (Wildman–Crippen LogP) is 2.92. The quantitative estimate of drug-likeness (QED) is 0.929. The van der Waals surface area contributed by atoms with E-state index in [1.54, 1.807) is 11.0 Å². The van der Waals surface area contributed by atoms with Crippen molar-refractivity contribution in [2.45, 2.75) is 39.7 Å². The van der Waals surface area contributed by atoms with E-state index in [4.69, 9.17) is 11.6 Å². The molecule has 5 heteroatoms. The summed E-state index contributed by atoms with van der Waals surface area (Å²) in [5.74, 6) is -0.357. The van der Waals surface area contributed by atoms with Gasteiger partial charge in [0.25, 0.3) is 0 Å². The van der Waals surface area contributed by atoms with Gasteiger partial charge in [0.1, 0.15) is 0 Å². The standard InChI is InChI=1S/C16H21ClN2O2/c1-4-11(3)18-16(21)12-7-15(20)19(9-12)13-6-5-10(2)14(17)8-13/h5-6,8,11-12H,4,7,9H2,1-3H3,(H,18,21)/t11-,12-/m1/s1. The molecule has 0 spiro atoms. The highest BCUT2D eigenvalue weighted by atomic mass is 35.5. The Morgan fingerprint density at radius 2 is 2.24 bits per heavy atom. The van der Waals surface area contributed by atoms with E-state index >= 15 is 0 Å². The van der Waals surface area contributed by atoms with Crippen LogP contribution in [0.4, 0.5) is 5.69 Å². The van der Waals surface area contributed by atoms with E-state index in [-0.39, 0.29) is 30.2 Å². The minimum atomic E-state index is -0.286. The van der Waals surface area contributed by atoms with E-state index < -0.39 is 0 Å². The number of carbonyl (C=O) groups excluding carboxylic acids is 2. The van der Waals surface area contributed by atoms with Crippen LogP contribution in [-0.4, -0.2) is 24.4 Å². The molecule has 2 rings (SSSR count). The number of hydrogen-bond acceptors (Lipinski definition) is 2. The third-order valence-electron chi connectivity index (χ3n) is 3.96. The largest absolute Gasteiger partial charge is 0.353 e. The second-order valence-corrected chi connectivity index (χ2v) is 6.06. The second-order valence-electron chi connectivity index (χ2n) is 5.66. The van der Waals surface area contributed by atoms with Crippen LogP contribution in [0.3, 0.4) is 0 Å². The molecule has 0 saturated carbocycles. The van der Waals surface area contributed by atoms with E-state index in [1.165, 1.54) is 0 Å². The van der Waals surface area contributed by atoms with Gasteiger partial charge in [0.05, 0.1) is 5.92 Å². The first-order valence-electron chi connectivity index (χ1n) is 7.29. The van der Waals surface area contributed by atoms with Crippen molar-refractivity contribution in [2.24, 2.45) is 5.92 Å². The van der Waals surface area contributed by atoms with Crippen LogP contribution >= 0.6 is 11.6 Å². The summed E-state index contributed by atoms with van der Waals surface area (Å²) in [6.07, 6.45) is 1.14. The molecule has 0 unspecified atom stereocenters. The Labute approximate surface area is 130 Å². The molecule has 1 N–H and O–H groups in total. The Morgan fingerprint density at radius 3 is 2.86 bits per heavy atom. The first kappa shape index (κ1) is 15.8. The number of anilines is 1. The van der Waals surface area contributed by atoms with Gasteiger partial charge in [-0.25, -0.2) is 0 Å². The van der Waals surface area contributed by atoms with Crippen molar-refractivity contribution < 1.29 is 9.59 Å². The highest BCUT2D eigenvalue weighted by molar-refractivity contribution is 6.31. The molecule has 114 valence electrons. The molecule has 0 aliphatic carbocycles. The first-order chi connectivity index (χ1) is 9.92. The van der Waals surface area contributed by atoms with E-state index in [0.717, 1.165) is 17.7 Å². The Hall–Kier alpha value is -1.55. The van der Waals surface area contributed by atoms with Crippen LogP contribution in [-0.2, 0) is 9.59 Å². The van der Waals surface area contributed by atoms with Gasteiger partial charge in [0.15, 0.2) is 0 Å². The van der Waals surface area contributed by atoms with E-state index in [1.807, 2.05) is 32.9 Å². The highest BCUT2D eigenvalue weighted by Gasteiger charge is 2.35. The van der Waals surface area contributed by atoms with Crippen molar-refractivity contribution in [1.82, 2.24) is 5.32 Å². The fourth-order valence-corrected chi connectivity index (χ4v) is 2.52. The lowest BCUT2D eigenvalue weighted by atomic mass is 10.1. The summed E-state index contributed by atoms with van der Waals surface area (Å²) in [6, 6.07) is 5.67. The van der Waals surface area contributed by atoms with Crippen LogP contribution < -0.4 is 10.2 Å². The lowest BCUT2D eigenvalue weighted by molar-refractivity contribution is -0.126. The molecule has 4 nitrogen and oxygen atoms in total. The SMILES string of the molecule is CC[C@@H](C)NC(=O)[C@@H]1CC(=O)N(c2ccc(C)c(Cl)c2)C1. The third-order valence-corrected chi connectivity index (χ3v) is 4.37. The van der Waals surface area contributed by atoms with Crippen LogP contribution in [0.25, 0.3) is 0 Å². The number of nitrogens with zero attached hydrogens (tertiary/aromatic N) is 1. The van der Waals surface area contributed by atoms with Gasteiger partial charge in [-0.3, -0.25) is 9.59 Å². The van der Waals surface area contributed by atoms with E-state index in [2.05, 4.69) is 5.32 Å². The van der Waals surface area contributed by atoms with Gasteiger partial charge < -0.3 is 10.2 Å². The Balaban J connectivity index is 2.09. The molecule has 1 heterocycles. The predicted molar refractivity (Wildman–Crippen MR) is 84.5 cm³/mol. The number of benzene rings is 1. The lowest BCUT2D eigenvalue weighted by Gasteiger charge is -2.18.